The Labute approximate surface area is 96.9 Å². The molecular formula is C9H20ClO4P. The van der Waals surface area contributed by atoms with Crippen molar-refractivity contribution in [3.8, 4) is 0 Å². The molecule has 0 bridgehead atoms. The molecule has 92 valence electrons. The van der Waals surface area contributed by atoms with E-state index < -0.39 is 13.4 Å². The van der Waals surface area contributed by atoms with E-state index in [0.717, 1.165) is 12.8 Å². The van der Waals surface area contributed by atoms with Crippen molar-refractivity contribution in [1.29, 1.82) is 0 Å². The normalized spacial score (nSPS) is 14.1. The molecule has 0 heterocycles. The average Bonchev–Trinajstić information content (AvgIpc) is 2.23. The summed E-state index contributed by atoms with van der Waals surface area (Å²) in [5.74, 6) is 0. The molecule has 0 aromatic heterocycles. The van der Waals surface area contributed by atoms with Crippen LogP contribution in [0.25, 0.3) is 0 Å². The molecule has 0 saturated carbocycles. The van der Waals surface area contributed by atoms with Crippen LogP contribution in [0.3, 0.4) is 0 Å². The van der Waals surface area contributed by atoms with E-state index in [2.05, 4.69) is 0 Å². The highest BCUT2D eigenvalue weighted by Gasteiger charge is 2.28. The molecule has 0 aliphatic heterocycles. The number of phosphoric ester groups is 1. The van der Waals surface area contributed by atoms with Crippen LogP contribution in [0, 0.1) is 0 Å². The molecule has 0 amide bonds. The number of phosphoric acid groups is 1. The minimum Gasteiger partial charge on any atom is -0.287 e. The lowest BCUT2D eigenvalue weighted by Crippen LogP contribution is -2.07. The molecule has 0 aliphatic rings. The maximum absolute atomic E-state index is 11.9. The van der Waals surface area contributed by atoms with Crippen LogP contribution in [0.2, 0.25) is 0 Å². The van der Waals surface area contributed by atoms with Gasteiger partial charge in [0.15, 0.2) is 0 Å². The first-order chi connectivity index (χ1) is 7.08. The van der Waals surface area contributed by atoms with Gasteiger partial charge in [0.25, 0.3) is 0 Å². The van der Waals surface area contributed by atoms with Gasteiger partial charge in [0.2, 0.25) is 0 Å². The molecule has 0 N–H and O–H groups in total. The van der Waals surface area contributed by atoms with Crippen molar-refractivity contribution in [1.82, 2.24) is 0 Å². The van der Waals surface area contributed by atoms with Gasteiger partial charge in [-0.05, 0) is 19.3 Å². The lowest BCUT2D eigenvalue weighted by atomic mass is 10.5. The molecular weight excluding hydrogens is 239 g/mol. The lowest BCUT2D eigenvalue weighted by Gasteiger charge is -2.19. The lowest BCUT2D eigenvalue weighted by molar-refractivity contribution is 0.102. The summed E-state index contributed by atoms with van der Waals surface area (Å²) in [7, 11) is -3.46. The summed E-state index contributed by atoms with van der Waals surface area (Å²) < 4.78 is 27.2. The zero-order valence-corrected chi connectivity index (χ0v) is 11.2. The molecule has 0 radical (unpaired) electrons. The van der Waals surface area contributed by atoms with Gasteiger partial charge in [0, 0.05) is 0 Å². The second kappa shape index (κ2) is 8.54. The van der Waals surface area contributed by atoms with Crippen LogP contribution in [0.5, 0.6) is 0 Å². The van der Waals surface area contributed by atoms with E-state index >= 15 is 0 Å². The average molecular weight is 259 g/mol. The van der Waals surface area contributed by atoms with E-state index in [9.17, 15) is 4.57 Å². The molecule has 1 atom stereocenters. The number of rotatable bonds is 9. The monoisotopic (exact) mass is 258 g/mol. The Bertz CT molecular complexity index is 189. The maximum atomic E-state index is 11.9. The van der Waals surface area contributed by atoms with Crippen LogP contribution < -0.4 is 0 Å². The van der Waals surface area contributed by atoms with Gasteiger partial charge < -0.3 is 0 Å². The minimum absolute atomic E-state index is 0.342. The number of hydrogen-bond acceptors (Lipinski definition) is 4. The number of hydrogen-bond donors (Lipinski definition) is 0. The summed E-state index contributed by atoms with van der Waals surface area (Å²) in [5.41, 5.74) is -0.635. The maximum Gasteiger partial charge on any atom is 0.476 e. The van der Waals surface area contributed by atoms with Crippen LogP contribution in [-0.4, -0.2) is 18.8 Å². The molecule has 0 spiro atoms. The standard InChI is InChI=1S/C9H20ClO4P/c1-4-7-12-15(11,13-8-5-2)14-9(10)6-3/h9H,4-8H2,1-3H3. The highest BCUT2D eigenvalue weighted by Crippen LogP contribution is 2.51. The van der Waals surface area contributed by atoms with Crippen molar-refractivity contribution in [2.45, 2.75) is 45.6 Å². The van der Waals surface area contributed by atoms with Crippen molar-refractivity contribution in [3.05, 3.63) is 0 Å². The summed E-state index contributed by atoms with van der Waals surface area (Å²) in [4.78, 5) is 0. The van der Waals surface area contributed by atoms with Gasteiger partial charge in [-0.2, -0.15) is 0 Å². The molecule has 0 rings (SSSR count). The van der Waals surface area contributed by atoms with E-state index in [1.165, 1.54) is 0 Å². The van der Waals surface area contributed by atoms with E-state index in [-0.39, 0.29) is 0 Å². The molecule has 0 saturated heterocycles. The molecule has 0 aromatic carbocycles. The van der Waals surface area contributed by atoms with Crippen LogP contribution in [0.15, 0.2) is 0 Å². The Morgan fingerprint density at radius 2 is 1.60 bits per heavy atom. The molecule has 0 aliphatic carbocycles. The molecule has 4 nitrogen and oxygen atoms in total. The summed E-state index contributed by atoms with van der Waals surface area (Å²) >= 11 is 5.75. The van der Waals surface area contributed by atoms with E-state index in [1.807, 2.05) is 20.8 Å². The van der Waals surface area contributed by atoms with Gasteiger partial charge in [0.05, 0.1) is 13.2 Å². The van der Waals surface area contributed by atoms with Crippen LogP contribution in [-0.2, 0) is 18.1 Å². The Morgan fingerprint density at radius 3 is 1.93 bits per heavy atom. The molecule has 6 heteroatoms. The molecule has 0 fully saturated rings. The first-order valence-corrected chi connectivity index (χ1v) is 7.19. The molecule has 15 heavy (non-hydrogen) atoms. The summed E-state index contributed by atoms with van der Waals surface area (Å²) in [6.07, 6.45) is 2.06. The van der Waals surface area contributed by atoms with Crippen molar-refractivity contribution in [3.63, 3.8) is 0 Å². The van der Waals surface area contributed by atoms with E-state index in [1.54, 1.807) is 0 Å². The van der Waals surface area contributed by atoms with E-state index in [0.29, 0.717) is 19.6 Å². The Balaban J connectivity index is 4.19. The smallest absolute Gasteiger partial charge is 0.287 e. The Hall–Kier alpha value is 0.400. The Kier molecular flexibility index (Phi) is 8.77. The van der Waals surface area contributed by atoms with Gasteiger partial charge >= 0.3 is 7.82 Å². The third kappa shape index (κ3) is 7.31. The second-order valence-electron chi connectivity index (χ2n) is 3.04. The largest absolute Gasteiger partial charge is 0.476 e. The SMILES string of the molecule is CCCOP(=O)(OCCC)OC(Cl)CC. The summed E-state index contributed by atoms with van der Waals surface area (Å²) in [6, 6.07) is 0. The third-order valence-electron chi connectivity index (χ3n) is 1.47. The van der Waals surface area contributed by atoms with Crippen LogP contribution >= 0.6 is 19.4 Å². The van der Waals surface area contributed by atoms with Gasteiger partial charge in [-0.15, -0.1) is 0 Å². The minimum atomic E-state index is -3.46. The fraction of sp³-hybridized carbons (Fsp3) is 1.00. The summed E-state index contributed by atoms with van der Waals surface area (Å²) in [6.45, 7) is 6.36. The van der Waals surface area contributed by atoms with Crippen LogP contribution in [0.1, 0.15) is 40.0 Å². The van der Waals surface area contributed by atoms with Gasteiger partial charge in [-0.25, -0.2) is 4.57 Å². The third-order valence-corrected chi connectivity index (χ3v) is 3.50. The van der Waals surface area contributed by atoms with Gasteiger partial charge in [-0.1, -0.05) is 32.4 Å². The zero-order chi connectivity index (χ0) is 11.7. The highest BCUT2D eigenvalue weighted by molar-refractivity contribution is 7.48. The predicted molar refractivity (Wildman–Crippen MR) is 61.1 cm³/mol. The van der Waals surface area contributed by atoms with Crippen molar-refractivity contribution >= 4 is 19.4 Å². The number of alkyl halides is 1. The first kappa shape index (κ1) is 15.4. The number of halogens is 1. The highest BCUT2D eigenvalue weighted by atomic mass is 35.5. The summed E-state index contributed by atoms with van der Waals surface area (Å²) in [5, 5.41) is 0. The molecule has 1 unspecified atom stereocenters. The fourth-order valence-electron chi connectivity index (χ4n) is 0.719. The van der Waals surface area contributed by atoms with Gasteiger partial charge in [0.1, 0.15) is 5.56 Å². The predicted octanol–water partition coefficient (Wildman–Crippen LogP) is 3.94. The first-order valence-electron chi connectivity index (χ1n) is 5.29. The fourth-order valence-corrected chi connectivity index (χ4v) is 2.45. The van der Waals surface area contributed by atoms with Crippen LogP contribution in [0.4, 0.5) is 0 Å². The second-order valence-corrected chi connectivity index (χ2v) is 5.15. The quantitative estimate of drug-likeness (QED) is 0.464. The molecule has 0 aromatic rings. The van der Waals surface area contributed by atoms with E-state index in [4.69, 9.17) is 25.2 Å². The Morgan fingerprint density at radius 1 is 1.13 bits per heavy atom. The van der Waals surface area contributed by atoms with Crippen molar-refractivity contribution in [2.24, 2.45) is 0 Å². The van der Waals surface area contributed by atoms with Crippen molar-refractivity contribution < 1.29 is 18.1 Å². The van der Waals surface area contributed by atoms with Crippen molar-refractivity contribution in [2.75, 3.05) is 13.2 Å². The van der Waals surface area contributed by atoms with Gasteiger partial charge in [-0.3, -0.25) is 13.6 Å². The zero-order valence-electron chi connectivity index (χ0n) is 9.57. The topological polar surface area (TPSA) is 44.8 Å².